The van der Waals surface area contributed by atoms with Crippen molar-refractivity contribution >= 4 is 22.5 Å². The average molecular weight is 359 g/mol. The number of aromatic nitrogens is 3. The van der Waals surface area contributed by atoms with Gasteiger partial charge in [0.05, 0.1) is 6.10 Å². The Morgan fingerprint density at radius 2 is 2.12 bits per heavy atom. The number of rotatable bonds is 6. The number of urea groups is 1. The van der Waals surface area contributed by atoms with Gasteiger partial charge in [-0.25, -0.2) is 4.79 Å². The van der Waals surface area contributed by atoms with E-state index in [0.29, 0.717) is 24.1 Å². The minimum Gasteiger partial charge on any atom is -0.376 e. The quantitative estimate of drug-likeness (QED) is 0.857. The summed E-state index contributed by atoms with van der Waals surface area (Å²) in [4.78, 5) is 18.6. The highest BCUT2D eigenvalue weighted by molar-refractivity contribution is 7.15. The molecule has 0 unspecified atom stereocenters. The molecule has 1 atom stereocenters. The summed E-state index contributed by atoms with van der Waals surface area (Å²) in [6, 6.07) is 3.68. The minimum absolute atomic E-state index is 0.101. The second-order valence-corrected chi connectivity index (χ2v) is 7.53. The van der Waals surface area contributed by atoms with Crippen molar-refractivity contribution in [3.8, 4) is 0 Å². The van der Waals surface area contributed by atoms with Crippen LogP contribution in [0.5, 0.6) is 0 Å². The van der Waals surface area contributed by atoms with E-state index in [9.17, 15) is 4.79 Å². The van der Waals surface area contributed by atoms with Crippen LogP contribution < -0.4 is 5.32 Å². The molecule has 0 spiro atoms. The van der Waals surface area contributed by atoms with Crippen LogP contribution in [-0.4, -0.2) is 45.4 Å². The van der Waals surface area contributed by atoms with Gasteiger partial charge < -0.3 is 9.64 Å². The SMILES string of the molecule is O=C(Nc1nnc(C2CC2)s1)N(Cc1ccncc1)C[C@H]1CCCO1. The molecule has 2 amide bonds. The zero-order chi connectivity index (χ0) is 17.1. The van der Waals surface area contributed by atoms with Crippen molar-refractivity contribution in [1.29, 1.82) is 0 Å². The molecule has 8 heteroatoms. The first-order valence-corrected chi connectivity index (χ1v) is 9.49. The van der Waals surface area contributed by atoms with Crippen molar-refractivity contribution in [2.24, 2.45) is 0 Å². The van der Waals surface area contributed by atoms with E-state index in [-0.39, 0.29) is 12.1 Å². The van der Waals surface area contributed by atoms with Crippen molar-refractivity contribution in [3.05, 3.63) is 35.1 Å². The maximum absolute atomic E-state index is 12.8. The first kappa shape index (κ1) is 16.4. The zero-order valence-corrected chi connectivity index (χ0v) is 14.7. The summed E-state index contributed by atoms with van der Waals surface area (Å²) in [5, 5.41) is 12.8. The number of pyridine rings is 1. The highest BCUT2D eigenvalue weighted by atomic mass is 32.1. The van der Waals surface area contributed by atoms with Gasteiger partial charge in [0.25, 0.3) is 0 Å². The first-order chi connectivity index (χ1) is 12.3. The van der Waals surface area contributed by atoms with Crippen LogP contribution in [0.25, 0.3) is 0 Å². The smallest absolute Gasteiger partial charge is 0.324 e. The van der Waals surface area contributed by atoms with Gasteiger partial charge >= 0.3 is 6.03 Å². The molecular formula is C17H21N5O2S. The molecule has 1 aliphatic heterocycles. The molecule has 1 saturated heterocycles. The summed E-state index contributed by atoms with van der Waals surface area (Å²) in [5.74, 6) is 0.544. The Balaban J connectivity index is 1.43. The van der Waals surface area contributed by atoms with Crippen LogP contribution in [0.3, 0.4) is 0 Å². The Bertz CT molecular complexity index is 713. The fourth-order valence-corrected chi connectivity index (χ4v) is 3.81. The number of amides is 2. The largest absolute Gasteiger partial charge is 0.376 e. The number of carbonyl (C=O) groups excluding carboxylic acids is 1. The lowest BCUT2D eigenvalue weighted by Gasteiger charge is -2.25. The number of carbonyl (C=O) groups is 1. The van der Waals surface area contributed by atoms with Crippen molar-refractivity contribution in [2.75, 3.05) is 18.5 Å². The summed E-state index contributed by atoms with van der Waals surface area (Å²) in [7, 11) is 0. The third-order valence-electron chi connectivity index (χ3n) is 4.44. The Morgan fingerprint density at radius 3 is 2.84 bits per heavy atom. The monoisotopic (exact) mass is 359 g/mol. The van der Waals surface area contributed by atoms with Gasteiger partial charge in [0, 0.05) is 38.0 Å². The van der Waals surface area contributed by atoms with Crippen molar-refractivity contribution in [1.82, 2.24) is 20.1 Å². The second kappa shape index (κ2) is 7.45. The molecule has 0 radical (unpaired) electrons. The number of ether oxygens (including phenoxy) is 1. The number of hydrogen-bond acceptors (Lipinski definition) is 6. The summed E-state index contributed by atoms with van der Waals surface area (Å²) in [6.45, 7) is 1.86. The lowest BCUT2D eigenvalue weighted by Crippen LogP contribution is -2.39. The van der Waals surface area contributed by atoms with Gasteiger partial charge in [-0.15, -0.1) is 10.2 Å². The van der Waals surface area contributed by atoms with Gasteiger partial charge in [0.1, 0.15) is 5.01 Å². The molecule has 2 fully saturated rings. The van der Waals surface area contributed by atoms with E-state index in [1.54, 1.807) is 17.3 Å². The molecule has 3 heterocycles. The normalized spacial score (nSPS) is 19.8. The average Bonchev–Trinajstić information content (AvgIpc) is 3.15. The Morgan fingerprint density at radius 1 is 1.28 bits per heavy atom. The van der Waals surface area contributed by atoms with Crippen molar-refractivity contribution in [2.45, 2.75) is 44.2 Å². The van der Waals surface area contributed by atoms with Crippen LogP contribution >= 0.6 is 11.3 Å². The van der Waals surface area contributed by atoms with Gasteiger partial charge in [-0.05, 0) is 43.4 Å². The number of anilines is 1. The molecule has 2 aliphatic rings. The predicted octanol–water partition coefficient (Wildman–Crippen LogP) is 3.02. The molecule has 2 aromatic heterocycles. The summed E-state index contributed by atoms with van der Waals surface area (Å²) >= 11 is 1.48. The van der Waals surface area contributed by atoms with Crippen molar-refractivity contribution in [3.63, 3.8) is 0 Å². The van der Waals surface area contributed by atoms with Crippen LogP contribution in [0, 0.1) is 0 Å². The Labute approximate surface area is 150 Å². The first-order valence-electron chi connectivity index (χ1n) is 8.68. The van der Waals surface area contributed by atoms with Gasteiger partial charge in [-0.2, -0.15) is 0 Å². The summed E-state index contributed by atoms with van der Waals surface area (Å²) in [6.07, 6.45) is 7.98. The van der Waals surface area contributed by atoms with Gasteiger partial charge in [0.15, 0.2) is 0 Å². The molecule has 4 rings (SSSR count). The van der Waals surface area contributed by atoms with E-state index in [4.69, 9.17) is 4.74 Å². The van der Waals surface area contributed by atoms with E-state index in [1.807, 2.05) is 12.1 Å². The third-order valence-corrected chi connectivity index (χ3v) is 5.44. The standard InChI is InChI=1S/C17H21N5O2S/c23-17(19-16-21-20-15(25-16)13-3-4-13)22(11-14-2-1-9-24-14)10-12-5-7-18-8-6-12/h5-8,13-14H,1-4,9-11H2,(H,19,21,23)/t14-/m1/s1. The van der Waals surface area contributed by atoms with Crippen molar-refractivity contribution < 1.29 is 9.53 Å². The van der Waals surface area contributed by atoms with Gasteiger partial charge in [-0.3, -0.25) is 10.3 Å². The summed E-state index contributed by atoms with van der Waals surface area (Å²) in [5.41, 5.74) is 1.04. The lowest BCUT2D eigenvalue weighted by atomic mass is 10.2. The predicted molar refractivity (Wildman–Crippen MR) is 94.5 cm³/mol. The third kappa shape index (κ3) is 4.32. The fraction of sp³-hybridized carbons (Fsp3) is 0.529. The maximum Gasteiger partial charge on any atom is 0.324 e. The molecule has 1 aliphatic carbocycles. The molecule has 7 nitrogen and oxygen atoms in total. The van der Waals surface area contributed by atoms with E-state index in [2.05, 4.69) is 20.5 Å². The molecule has 25 heavy (non-hydrogen) atoms. The summed E-state index contributed by atoms with van der Waals surface area (Å²) < 4.78 is 5.71. The van der Waals surface area contributed by atoms with Crippen LogP contribution in [0.4, 0.5) is 9.93 Å². The molecule has 2 aromatic rings. The number of nitrogens with zero attached hydrogens (tertiary/aromatic N) is 4. The van der Waals surface area contributed by atoms with Crippen LogP contribution in [-0.2, 0) is 11.3 Å². The van der Waals surface area contributed by atoms with Gasteiger partial charge in [0.2, 0.25) is 5.13 Å². The van der Waals surface area contributed by atoms with E-state index >= 15 is 0 Å². The zero-order valence-electron chi connectivity index (χ0n) is 13.9. The number of hydrogen-bond donors (Lipinski definition) is 1. The van der Waals surface area contributed by atoms with E-state index in [1.165, 1.54) is 24.2 Å². The molecule has 1 saturated carbocycles. The Kier molecular flexibility index (Phi) is 4.89. The Hall–Kier alpha value is -2.06. The number of nitrogens with one attached hydrogen (secondary N) is 1. The van der Waals surface area contributed by atoms with Crippen LogP contribution in [0.15, 0.2) is 24.5 Å². The van der Waals surface area contributed by atoms with E-state index < -0.39 is 0 Å². The van der Waals surface area contributed by atoms with E-state index in [0.717, 1.165) is 30.0 Å². The highest BCUT2D eigenvalue weighted by Crippen LogP contribution is 2.42. The molecule has 0 bridgehead atoms. The topological polar surface area (TPSA) is 80.2 Å². The molecule has 0 aromatic carbocycles. The molecule has 132 valence electrons. The minimum atomic E-state index is -0.161. The second-order valence-electron chi connectivity index (χ2n) is 6.52. The highest BCUT2D eigenvalue weighted by Gasteiger charge is 2.28. The van der Waals surface area contributed by atoms with Gasteiger partial charge in [-0.1, -0.05) is 11.3 Å². The molecular weight excluding hydrogens is 338 g/mol. The van der Waals surface area contributed by atoms with Crippen LogP contribution in [0.1, 0.15) is 42.2 Å². The fourth-order valence-electron chi connectivity index (χ4n) is 2.91. The molecule has 1 N–H and O–H groups in total. The van der Waals surface area contributed by atoms with Crippen LogP contribution in [0.2, 0.25) is 0 Å². The maximum atomic E-state index is 12.8. The lowest BCUT2D eigenvalue weighted by molar-refractivity contribution is 0.0819.